The zero-order valence-corrected chi connectivity index (χ0v) is 17.0. The molecule has 1 N–H and O–H groups in total. The van der Waals surface area contributed by atoms with E-state index in [0.717, 1.165) is 21.4 Å². The van der Waals surface area contributed by atoms with Crippen LogP contribution in [-0.2, 0) is 20.6 Å². The second kappa shape index (κ2) is 7.82. The number of nitrogens with zero attached hydrogens (tertiary/aromatic N) is 5. The second-order valence-corrected chi connectivity index (χ2v) is 7.06. The maximum Gasteiger partial charge on any atom is 0.332 e. The van der Waals surface area contributed by atoms with Gasteiger partial charge >= 0.3 is 5.69 Å². The molecule has 0 unspecified atom stereocenters. The Morgan fingerprint density at radius 1 is 0.967 bits per heavy atom. The predicted molar refractivity (Wildman–Crippen MR) is 118 cm³/mol. The van der Waals surface area contributed by atoms with Crippen molar-refractivity contribution >= 4 is 22.8 Å². The highest BCUT2D eigenvalue weighted by molar-refractivity contribution is 5.99. The van der Waals surface area contributed by atoms with E-state index in [4.69, 9.17) is 0 Å². The van der Waals surface area contributed by atoms with E-state index in [9.17, 15) is 9.59 Å². The average Bonchev–Trinajstić information content (AvgIpc) is 3.14. The summed E-state index contributed by atoms with van der Waals surface area (Å²) in [6.07, 6.45) is 0. The maximum atomic E-state index is 12.9. The fourth-order valence-corrected chi connectivity index (χ4v) is 3.33. The molecule has 8 nitrogen and oxygen atoms in total. The third kappa shape index (κ3) is 3.43. The fourth-order valence-electron chi connectivity index (χ4n) is 3.33. The molecule has 0 aliphatic heterocycles. The summed E-state index contributed by atoms with van der Waals surface area (Å²) in [6.45, 7) is 2.30. The minimum Gasteiger partial charge on any atom is -0.298 e. The van der Waals surface area contributed by atoms with Crippen LogP contribution in [0, 0.1) is 0 Å². The van der Waals surface area contributed by atoms with Gasteiger partial charge in [0.2, 0.25) is 5.95 Å². The summed E-state index contributed by atoms with van der Waals surface area (Å²) in [5, 5.41) is 4.45. The van der Waals surface area contributed by atoms with Crippen LogP contribution in [-0.4, -0.2) is 24.4 Å². The zero-order valence-electron chi connectivity index (χ0n) is 17.0. The SMILES string of the molecule is C/C(=N\Nc1nc2c(c(=O)n(C)c(=O)n2C)n1Cc1ccccc1)c1ccccc1. The normalized spacial score (nSPS) is 11.8. The van der Waals surface area contributed by atoms with Gasteiger partial charge in [-0.15, -0.1) is 0 Å². The summed E-state index contributed by atoms with van der Waals surface area (Å²) in [5.74, 6) is 0.391. The van der Waals surface area contributed by atoms with Gasteiger partial charge in [0, 0.05) is 14.1 Å². The standard InChI is InChI=1S/C22H22N6O2/c1-15(17-12-8-5-9-13-17)24-25-21-23-19-18(20(29)27(3)22(30)26(19)2)28(21)14-16-10-6-4-7-11-16/h4-13H,14H2,1-3H3,(H,23,25)/b24-15+. The molecule has 0 saturated carbocycles. The predicted octanol–water partition coefficient (Wildman–Crippen LogP) is 2.32. The van der Waals surface area contributed by atoms with E-state index >= 15 is 0 Å². The van der Waals surface area contributed by atoms with Gasteiger partial charge < -0.3 is 0 Å². The average molecular weight is 402 g/mol. The Bertz CT molecular complexity index is 1350. The van der Waals surface area contributed by atoms with Crippen LogP contribution in [0.15, 0.2) is 75.4 Å². The molecule has 4 aromatic rings. The maximum absolute atomic E-state index is 12.9. The third-order valence-corrected chi connectivity index (χ3v) is 5.05. The Kier molecular flexibility index (Phi) is 5.05. The van der Waals surface area contributed by atoms with Gasteiger partial charge in [-0.2, -0.15) is 10.1 Å². The molecule has 2 aromatic carbocycles. The topological polar surface area (TPSA) is 86.2 Å². The van der Waals surface area contributed by atoms with Gasteiger partial charge in [-0.25, -0.2) is 10.2 Å². The molecule has 0 aliphatic rings. The van der Waals surface area contributed by atoms with Crippen LogP contribution in [0.25, 0.3) is 11.2 Å². The van der Waals surface area contributed by atoms with Crippen molar-refractivity contribution in [2.75, 3.05) is 5.43 Å². The van der Waals surface area contributed by atoms with Crippen molar-refractivity contribution in [1.29, 1.82) is 0 Å². The van der Waals surface area contributed by atoms with E-state index in [0.29, 0.717) is 23.7 Å². The largest absolute Gasteiger partial charge is 0.332 e. The molecular weight excluding hydrogens is 380 g/mol. The monoisotopic (exact) mass is 402 g/mol. The number of imidazole rings is 1. The number of fused-ring (bicyclic) bond motifs is 1. The van der Waals surface area contributed by atoms with Crippen LogP contribution in [0.2, 0.25) is 0 Å². The number of hydrazone groups is 1. The van der Waals surface area contributed by atoms with E-state index in [1.54, 1.807) is 11.6 Å². The molecule has 0 spiro atoms. The number of aryl methyl sites for hydroxylation is 1. The number of rotatable bonds is 5. The smallest absolute Gasteiger partial charge is 0.298 e. The number of aromatic nitrogens is 4. The molecule has 4 rings (SSSR count). The summed E-state index contributed by atoms with van der Waals surface area (Å²) in [7, 11) is 3.07. The van der Waals surface area contributed by atoms with Gasteiger partial charge in [0.1, 0.15) is 0 Å². The molecule has 0 bridgehead atoms. The van der Waals surface area contributed by atoms with Crippen molar-refractivity contribution in [3.8, 4) is 0 Å². The summed E-state index contributed by atoms with van der Waals surface area (Å²) in [6, 6.07) is 19.5. The fraction of sp³-hybridized carbons (Fsp3) is 0.182. The first-order valence-electron chi connectivity index (χ1n) is 9.53. The van der Waals surface area contributed by atoms with Gasteiger partial charge in [0.05, 0.1) is 12.3 Å². The number of hydrogen-bond donors (Lipinski definition) is 1. The quantitative estimate of drug-likeness (QED) is 0.410. The van der Waals surface area contributed by atoms with Crippen LogP contribution in [0.3, 0.4) is 0 Å². The van der Waals surface area contributed by atoms with Crippen LogP contribution < -0.4 is 16.7 Å². The molecule has 30 heavy (non-hydrogen) atoms. The molecule has 0 fully saturated rings. The third-order valence-electron chi connectivity index (χ3n) is 5.05. The van der Waals surface area contributed by atoms with E-state index in [1.807, 2.05) is 67.6 Å². The lowest BCUT2D eigenvalue weighted by Gasteiger charge is -2.10. The van der Waals surface area contributed by atoms with Crippen LogP contribution in [0.1, 0.15) is 18.1 Å². The van der Waals surface area contributed by atoms with Gasteiger partial charge in [-0.05, 0) is 18.1 Å². The zero-order chi connectivity index (χ0) is 21.3. The molecule has 152 valence electrons. The number of nitrogens with one attached hydrogen (secondary N) is 1. The van der Waals surface area contributed by atoms with Crippen molar-refractivity contribution in [1.82, 2.24) is 18.7 Å². The Morgan fingerprint density at radius 2 is 1.60 bits per heavy atom. The van der Waals surface area contributed by atoms with Gasteiger partial charge in [0.25, 0.3) is 5.56 Å². The van der Waals surface area contributed by atoms with Gasteiger partial charge in [0.15, 0.2) is 11.2 Å². The molecule has 2 aromatic heterocycles. The molecule has 0 atom stereocenters. The van der Waals surface area contributed by atoms with Crippen LogP contribution >= 0.6 is 0 Å². The molecule has 0 radical (unpaired) electrons. The summed E-state index contributed by atoms with van der Waals surface area (Å²) in [4.78, 5) is 29.8. The molecule has 0 aliphatic carbocycles. The minimum atomic E-state index is -0.424. The van der Waals surface area contributed by atoms with Crippen LogP contribution in [0.4, 0.5) is 5.95 Å². The number of hydrogen-bond acceptors (Lipinski definition) is 5. The molecular formula is C22H22N6O2. The van der Waals surface area contributed by atoms with E-state index in [1.165, 1.54) is 11.6 Å². The van der Waals surface area contributed by atoms with Crippen molar-refractivity contribution < 1.29 is 0 Å². The highest BCUT2D eigenvalue weighted by Gasteiger charge is 2.19. The first kappa shape index (κ1) is 19.4. The molecule has 0 amide bonds. The minimum absolute atomic E-state index is 0.314. The Labute approximate surface area is 172 Å². The first-order valence-corrected chi connectivity index (χ1v) is 9.53. The van der Waals surface area contributed by atoms with Crippen molar-refractivity contribution in [2.45, 2.75) is 13.5 Å². The number of benzene rings is 2. The lowest BCUT2D eigenvalue weighted by molar-refractivity contribution is 0.702. The van der Waals surface area contributed by atoms with Crippen molar-refractivity contribution in [3.05, 3.63) is 92.6 Å². The summed E-state index contributed by atoms with van der Waals surface area (Å²) < 4.78 is 4.22. The first-order chi connectivity index (χ1) is 14.5. The molecule has 2 heterocycles. The number of anilines is 1. The lowest BCUT2D eigenvalue weighted by atomic mass is 10.1. The molecule has 8 heteroatoms. The second-order valence-electron chi connectivity index (χ2n) is 7.06. The lowest BCUT2D eigenvalue weighted by Crippen LogP contribution is -2.37. The summed E-state index contributed by atoms with van der Waals surface area (Å²) in [5.41, 5.74) is 5.58. The highest BCUT2D eigenvalue weighted by atomic mass is 16.2. The summed E-state index contributed by atoms with van der Waals surface area (Å²) >= 11 is 0. The van der Waals surface area contributed by atoms with Crippen molar-refractivity contribution in [2.24, 2.45) is 19.2 Å². The van der Waals surface area contributed by atoms with E-state index < -0.39 is 11.2 Å². The highest BCUT2D eigenvalue weighted by Crippen LogP contribution is 2.18. The van der Waals surface area contributed by atoms with Gasteiger partial charge in [-0.1, -0.05) is 60.7 Å². The van der Waals surface area contributed by atoms with Crippen molar-refractivity contribution in [3.63, 3.8) is 0 Å². The Hall–Kier alpha value is -3.94. The van der Waals surface area contributed by atoms with Gasteiger partial charge in [-0.3, -0.25) is 18.5 Å². The Balaban J connectivity index is 1.87. The molecule has 0 saturated heterocycles. The Morgan fingerprint density at radius 3 is 2.27 bits per heavy atom. The van der Waals surface area contributed by atoms with E-state index in [-0.39, 0.29) is 0 Å². The van der Waals surface area contributed by atoms with Crippen LogP contribution in [0.5, 0.6) is 0 Å². The van der Waals surface area contributed by atoms with E-state index in [2.05, 4.69) is 15.5 Å².